The molecule has 0 saturated carbocycles. The molecule has 1 atom stereocenters. The maximum atomic E-state index is 12.1. The molecular weight excluding hydrogens is 262 g/mol. The summed E-state index contributed by atoms with van der Waals surface area (Å²) in [6.45, 7) is 4.71. The van der Waals surface area contributed by atoms with Gasteiger partial charge in [-0.05, 0) is 41.8 Å². The van der Waals surface area contributed by atoms with E-state index in [1.54, 1.807) is 24.8 Å². The average Bonchev–Trinajstić information content (AvgIpc) is 2.93. The Morgan fingerprint density at radius 2 is 2.10 bits per heavy atom. The van der Waals surface area contributed by atoms with Crippen LogP contribution in [0.5, 0.6) is 5.75 Å². The lowest BCUT2D eigenvalue weighted by Gasteiger charge is -2.20. The Morgan fingerprint density at radius 3 is 2.70 bits per heavy atom. The molecule has 1 amide bonds. The molecule has 1 aliphatic heterocycles. The summed E-state index contributed by atoms with van der Waals surface area (Å²) in [6.07, 6.45) is 1.23. The van der Waals surface area contributed by atoms with Crippen molar-refractivity contribution in [3.63, 3.8) is 0 Å². The molecule has 20 heavy (non-hydrogen) atoms. The summed E-state index contributed by atoms with van der Waals surface area (Å²) in [4.78, 5) is 28.0. The summed E-state index contributed by atoms with van der Waals surface area (Å²) < 4.78 is 5.44. The van der Waals surface area contributed by atoms with Gasteiger partial charge in [-0.2, -0.15) is 0 Å². The fourth-order valence-electron chi connectivity index (χ4n) is 2.19. The van der Waals surface area contributed by atoms with Gasteiger partial charge in [0.25, 0.3) is 5.91 Å². The van der Waals surface area contributed by atoms with Crippen molar-refractivity contribution in [3.05, 3.63) is 27.9 Å². The molecular formula is C13H17N3O4. The minimum atomic E-state index is -0.753. The Balaban J connectivity index is 2.12. The topological polar surface area (TPSA) is 85.6 Å². The van der Waals surface area contributed by atoms with Gasteiger partial charge in [-0.3, -0.25) is 4.79 Å². The second-order valence-electron chi connectivity index (χ2n) is 4.82. The van der Waals surface area contributed by atoms with E-state index >= 15 is 0 Å². The van der Waals surface area contributed by atoms with Crippen molar-refractivity contribution in [3.8, 4) is 5.75 Å². The van der Waals surface area contributed by atoms with Crippen LogP contribution in [0.3, 0.4) is 0 Å². The molecule has 1 aliphatic rings. The first-order valence-corrected chi connectivity index (χ1v) is 6.56. The summed E-state index contributed by atoms with van der Waals surface area (Å²) in [5, 5.41) is 10.9. The van der Waals surface area contributed by atoms with Gasteiger partial charge in [0.2, 0.25) is 5.75 Å². The molecule has 0 aromatic carbocycles. The Labute approximate surface area is 116 Å². The Kier molecular flexibility index (Phi) is 4.16. The quantitative estimate of drug-likeness (QED) is 0.618. The number of aromatic nitrogens is 1. The number of carbonyl (C=O) groups is 1. The van der Waals surface area contributed by atoms with Crippen LogP contribution in [-0.2, 0) is 4.79 Å². The van der Waals surface area contributed by atoms with Gasteiger partial charge in [0.05, 0.1) is 0 Å². The van der Waals surface area contributed by atoms with E-state index in [0.29, 0.717) is 5.69 Å². The van der Waals surface area contributed by atoms with Gasteiger partial charge < -0.3 is 19.8 Å². The molecule has 1 aromatic heterocycles. The van der Waals surface area contributed by atoms with Crippen LogP contribution >= 0.6 is 0 Å². The molecule has 0 N–H and O–H groups in total. The Bertz CT molecular complexity index is 526. The van der Waals surface area contributed by atoms with Crippen molar-refractivity contribution in [2.24, 2.45) is 0 Å². The van der Waals surface area contributed by atoms with Crippen molar-refractivity contribution in [1.82, 2.24) is 9.88 Å². The zero-order valence-corrected chi connectivity index (χ0v) is 11.5. The van der Waals surface area contributed by atoms with Gasteiger partial charge in [0, 0.05) is 20.0 Å². The second-order valence-corrected chi connectivity index (χ2v) is 4.82. The summed E-state index contributed by atoms with van der Waals surface area (Å²) in [5.41, 5.74) is 0.530. The average molecular weight is 279 g/mol. The summed E-state index contributed by atoms with van der Waals surface area (Å²) >= 11 is 0. The highest BCUT2D eigenvalue weighted by atomic mass is 16.6. The van der Waals surface area contributed by atoms with Gasteiger partial charge in [-0.25, -0.2) is 0 Å². The second kappa shape index (κ2) is 5.85. The summed E-state index contributed by atoms with van der Waals surface area (Å²) in [7, 11) is 0. The van der Waals surface area contributed by atoms with Gasteiger partial charge in [0.15, 0.2) is 6.10 Å². The Hall–Kier alpha value is -2.18. The van der Waals surface area contributed by atoms with Crippen LogP contribution in [0.1, 0.15) is 25.5 Å². The molecule has 0 aliphatic carbocycles. The third-order valence-corrected chi connectivity index (χ3v) is 3.22. The molecule has 1 saturated heterocycles. The van der Waals surface area contributed by atoms with Gasteiger partial charge in [-0.1, -0.05) is 0 Å². The van der Waals surface area contributed by atoms with Crippen molar-refractivity contribution in [1.29, 1.82) is 0 Å². The first kappa shape index (κ1) is 14.2. The first-order valence-electron chi connectivity index (χ1n) is 6.56. The van der Waals surface area contributed by atoms with E-state index in [1.807, 2.05) is 0 Å². The largest absolute Gasteiger partial charge is 0.473 e. The van der Waals surface area contributed by atoms with E-state index in [9.17, 15) is 14.9 Å². The van der Waals surface area contributed by atoms with E-state index in [1.165, 1.54) is 6.07 Å². The fraction of sp³-hybridized carbons (Fsp3) is 0.538. The zero-order valence-electron chi connectivity index (χ0n) is 11.5. The summed E-state index contributed by atoms with van der Waals surface area (Å²) in [6, 6.07) is 3.10. The van der Waals surface area contributed by atoms with Crippen LogP contribution in [0, 0.1) is 17.0 Å². The van der Waals surface area contributed by atoms with Crippen molar-refractivity contribution >= 4 is 11.7 Å². The number of likely N-dealkylation sites (tertiary alicyclic amines) is 1. The van der Waals surface area contributed by atoms with Crippen LogP contribution < -0.4 is 4.74 Å². The fourth-order valence-corrected chi connectivity index (χ4v) is 2.19. The first-order chi connectivity index (χ1) is 9.49. The maximum Gasteiger partial charge on any atom is 0.406 e. The van der Waals surface area contributed by atoms with Crippen LogP contribution in [0.2, 0.25) is 0 Å². The number of nitro groups is 1. The lowest BCUT2D eigenvalue weighted by atomic mass is 10.3. The van der Waals surface area contributed by atoms with Gasteiger partial charge >= 0.3 is 5.82 Å². The van der Waals surface area contributed by atoms with Crippen LogP contribution in [0.15, 0.2) is 12.1 Å². The number of aryl methyl sites for hydroxylation is 1. The van der Waals surface area contributed by atoms with E-state index in [-0.39, 0.29) is 17.5 Å². The normalized spacial score (nSPS) is 16.0. The zero-order chi connectivity index (χ0) is 14.7. The summed E-state index contributed by atoms with van der Waals surface area (Å²) in [5.74, 6) is -0.468. The van der Waals surface area contributed by atoms with Crippen molar-refractivity contribution in [2.75, 3.05) is 13.1 Å². The monoisotopic (exact) mass is 279 g/mol. The number of hydrogen-bond donors (Lipinski definition) is 0. The van der Waals surface area contributed by atoms with Crippen LogP contribution in [-0.4, -0.2) is 39.9 Å². The molecule has 0 spiro atoms. The molecule has 108 valence electrons. The van der Waals surface area contributed by atoms with E-state index in [2.05, 4.69) is 4.98 Å². The predicted octanol–water partition coefficient (Wildman–Crippen LogP) is 1.69. The molecule has 7 heteroatoms. The minimum Gasteiger partial charge on any atom is -0.473 e. The number of nitrogens with zero attached hydrogens (tertiary/aromatic N) is 3. The molecule has 2 rings (SSSR count). The third-order valence-electron chi connectivity index (χ3n) is 3.22. The van der Waals surface area contributed by atoms with Crippen molar-refractivity contribution in [2.45, 2.75) is 32.8 Å². The molecule has 2 heterocycles. The SMILES string of the molecule is Cc1ccc(OC(C)C(=O)N2CCCC2)c([N+](=O)[O-])n1. The number of amides is 1. The van der Waals surface area contributed by atoms with E-state index in [0.717, 1.165) is 25.9 Å². The number of hydrogen-bond acceptors (Lipinski definition) is 5. The number of rotatable bonds is 4. The number of ether oxygens (including phenoxy) is 1. The molecule has 1 aromatic rings. The molecule has 1 fully saturated rings. The number of carbonyl (C=O) groups excluding carboxylic acids is 1. The standard InChI is InChI=1S/C13H17N3O4/c1-9-5-6-11(12(14-9)16(18)19)20-10(2)13(17)15-7-3-4-8-15/h5-6,10H,3-4,7-8H2,1-2H3. The predicted molar refractivity (Wildman–Crippen MR) is 71.5 cm³/mol. The Morgan fingerprint density at radius 1 is 1.45 bits per heavy atom. The molecule has 0 bridgehead atoms. The van der Waals surface area contributed by atoms with E-state index in [4.69, 9.17) is 4.74 Å². The smallest absolute Gasteiger partial charge is 0.406 e. The lowest BCUT2D eigenvalue weighted by molar-refractivity contribution is -0.390. The van der Waals surface area contributed by atoms with E-state index < -0.39 is 11.0 Å². The highest BCUT2D eigenvalue weighted by Crippen LogP contribution is 2.26. The van der Waals surface area contributed by atoms with Crippen molar-refractivity contribution < 1.29 is 14.5 Å². The van der Waals surface area contributed by atoms with Gasteiger partial charge in [0.1, 0.15) is 5.69 Å². The molecule has 0 radical (unpaired) electrons. The number of pyridine rings is 1. The molecule has 7 nitrogen and oxygen atoms in total. The minimum absolute atomic E-state index is 0.0284. The molecule has 1 unspecified atom stereocenters. The highest BCUT2D eigenvalue weighted by molar-refractivity contribution is 5.81. The highest BCUT2D eigenvalue weighted by Gasteiger charge is 2.27. The van der Waals surface area contributed by atoms with Gasteiger partial charge in [-0.15, -0.1) is 0 Å². The lowest BCUT2D eigenvalue weighted by Crippen LogP contribution is -2.38. The van der Waals surface area contributed by atoms with Crippen LogP contribution in [0.25, 0.3) is 0 Å². The van der Waals surface area contributed by atoms with Crippen LogP contribution in [0.4, 0.5) is 5.82 Å². The third kappa shape index (κ3) is 3.04. The maximum absolute atomic E-state index is 12.1.